The Morgan fingerprint density at radius 3 is 2.54 bits per heavy atom. The zero-order valence-electron chi connectivity index (χ0n) is 23.1. The summed E-state index contributed by atoms with van der Waals surface area (Å²) in [6.45, 7) is 15.1. The minimum atomic E-state index is -1.26. The summed E-state index contributed by atoms with van der Waals surface area (Å²) in [5, 5.41) is 11.1. The van der Waals surface area contributed by atoms with Gasteiger partial charge in [-0.3, -0.25) is 14.4 Å². The average Bonchev–Trinajstić information content (AvgIpc) is 3.43. The number of amides is 2. The van der Waals surface area contributed by atoms with Gasteiger partial charge in [0.25, 0.3) is 5.91 Å². The largest absolute Gasteiger partial charge is 0.461 e. The van der Waals surface area contributed by atoms with Crippen LogP contribution in [0.15, 0.2) is 49.6 Å². The third-order valence-corrected chi connectivity index (χ3v) is 9.40. The number of halogens is 1. The summed E-state index contributed by atoms with van der Waals surface area (Å²) in [6, 6.07) is 5.18. The molecule has 1 N–H and O–H groups in total. The number of anilines is 1. The van der Waals surface area contributed by atoms with Gasteiger partial charge in [-0.25, -0.2) is 0 Å². The molecule has 1 aromatic rings. The Bertz CT molecular complexity index is 1140. The van der Waals surface area contributed by atoms with Crippen LogP contribution in [-0.4, -0.2) is 70.8 Å². The van der Waals surface area contributed by atoms with Gasteiger partial charge in [0.05, 0.1) is 24.2 Å². The molecule has 3 heterocycles. The Labute approximate surface area is 235 Å². The highest BCUT2D eigenvalue weighted by molar-refractivity contribution is 6.30. The van der Waals surface area contributed by atoms with Crippen molar-refractivity contribution in [1.29, 1.82) is 0 Å². The van der Waals surface area contributed by atoms with Gasteiger partial charge in [-0.2, -0.15) is 0 Å². The van der Waals surface area contributed by atoms with Gasteiger partial charge in [-0.15, -0.1) is 6.58 Å². The second kappa shape index (κ2) is 11.1. The molecule has 8 atom stereocenters. The number of aliphatic hydroxyl groups is 1. The molecule has 4 rings (SSSR count). The SMILES string of the molecule is C=CCOC(=O)[C@H]1[C@H]2C(=O)N([C@@H](CO)[C@@H](C)CC)C(C(=O)N(CC=C)c3ccc(Cl)cc3)C23CC(C)[C@]1(C)O3. The van der Waals surface area contributed by atoms with Gasteiger partial charge in [0.2, 0.25) is 5.91 Å². The molecule has 3 fully saturated rings. The summed E-state index contributed by atoms with van der Waals surface area (Å²) in [7, 11) is 0. The summed E-state index contributed by atoms with van der Waals surface area (Å²) >= 11 is 6.12. The van der Waals surface area contributed by atoms with Crippen LogP contribution in [0.1, 0.15) is 40.5 Å². The lowest BCUT2D eigenvalue weighted by molar-refractivity contribution is -0.162. The molecule has 1 spiro atoms. The third-order valence-electron chi connectivity index (χ3n) is 9.14. The summed E-state index contributed by atoms with van der Waals surface area (Å²) < 4.78 is 12.2. The van der Waals surface area contributed by atoms with Crippen LogP contribution in [-0.2, 0) is 23.9 Å². The van der Waals surface area contributed by atoms with E-state index in [1.165, 1.54) is 11.0 Å². The van der Waals surface area contributed by atoms with Gasteiger partial charge in [0.1, 0.15) is 24.2 Å². The van der Waals surface area contributed by atoms with Crippen molar-refractivity contribution in [3.8, 4) is 0 Å². The van der Waals surface area contributed by atoms with Crippen LogP contribution < -0.4 is 4.90 Å². The van der Waals surface area contributed by atoms with Crippen molar-refractivity contribution in [3.05, 3.63) is 54.6 Å². The normalized spacial score (nSPS) is 32.5. The molecule has 212 valence electrons. The zero-order valence-corrected chi connectivity index (χ0v) is 23.9. The first-order valence-corrected chi connectivity index (χ1v) is 14.0. The lowest BCUT2D eigenvalue weighted by atomic mass is 9.62. The number of carbonyl (C=O) groups is 3. The molecular weight excluding hydrogens is 520 g/mol. The second-order valence-corrected chi connectivity index (χ2v) is 11.7. The van der Waals surface area contributed by atoms with E-state index >= 15 is 0 Å². The molecule has 0 aromatic heterocycles. The Morgan fingerprint density at radius 2 is 1.97 bits per heavy atom. The highest BCUT2D eigenvalue weighted by Gasteiger charge is 2.81. The van der Waals surface area contributed by atoms with Crippen LogP contribution in [0, 0.1) is 23.7 Å². The first-order valence-electron chi connectivity index (χ1n) is 13.6. The molecule has 2 bridgehead atoms. The number of carbonyl (C=O) groups excluding carboxylic acids is 3. The first-order chi connectivity index (χ1) is 18.5. The maximum absolute atomic E-state index is 14.7. The number of ether oxygens (including phenoxy) is 2. The van der Waals surface area contributed by atoms with E-state index in [0.29, 0.717) is 23.6 Å². The van der Waals surface area contributed by atoms with Gasteiger partial charge < -0.3 is 24.4 Å². The topological polar surface area (TPSA) is 96.4 Å². The third kappa shape index (κ3) is 4.50. The number of rotatable bonds is 11. The quantitative estimate of drug-likeness (QED) is 0.326. The van der Waals surface area contributed by atoms with Gasteiger partial charge in [0.15, 0.2) is 0 Å². The molecule has 9 heteroatoms. The number of fused-ring (bicyclic) bond motifs is 1. The zero-order chi connectivity index (χ0) is 28.7. The lowest BCUT2D eigenvalue weighted by Crippen LogP contribution is -2.60. The van der Waals surface area contributed by atoms with Gasteiger partial charge in [0, 0.05) is 17.3 Å². The van der Waals surface area contributed by atoms with Crippen LogP contribution in [0.4, 0.5) is 5.69 Å². The summed E-state index contributed by atoms with van der Waals surface area (Å²) in [5.74, 6) is -3.30. The number of aliphatic hydroxyl groups excluding tert-OH is 1. The van der Waals surface area contributed by atoms with E-state index in [4.69, 9.17) is 21.1 Å². The van der Waals surface area contributed by atoms with Crippen LogP contribution >= 0.6 is 11.6 Å². The Hall–Kier alpha value is -2.68. The van der Waals surface area contributed by atoms with E-state index in [-0.39, 0.29) is 43.4 Å². The fraction of sp³-hybridized carbons (Fsp3) is 0.567. The number of hydrogen-bond acceptors (Lipinski definition) is 6. The Morgan fingerprint density at radius 1 is 1.31 bits per heavy atom. The Kier molecular flexibility index (Phi) is 8.31. The van der Waals surface area contributed by atoms with Crippen molar-refractivity contribution in [3.63, 3.8) is 0 Å². The number of esters is 1. The monoisotopic (exact) mass is 558 g/mol. The van der Waals surface area contributed by atoms with E-state index in [1.807, 2.05) is 27.7 Å². The van der Waals surface area contributed by atoms with E-state index in [9.17, 15) is 19.5 Å². The maximum atomic E-state index is 14.7. The number of likely N-dealkylation sites (tertiary alicyclic amines) is 1. The van der Waals surface area contributed by atoms with E-state index in [2.05, 4.69) is 13.2 Å². The molecule has 0 aliphatic carbocycles. The molecule has 3 aliphatic heterocycles. The van der Waals surface area contributed by atoms with Crippen molar-refractivity contribution in [2.45, 2.75) is 63.8 Å². The molecule has 39 heavy (non-hydrogen) atoms. The summed E-state index contributed by atoms with van der Waals surface area (Å²) in [4.78, 5) is 45.6. The van der Waals surface area contributed by atoms with Gasteiger partial charge >= 0.3 is 5.97 Å². The number of benzene rings is 1. The first kappa shape index (κ1) is 29.3. The van der Waals surface area contributed by atoms with Gasteiger partial charge in [-0.05, 0) is 49.4 Å². The van der Waals surface area contributed by atoms with E-state index in [0.717, 1.165) is 0 Å². The summed E-state index contributed by atoms with van der Waals surface area (Å²) in [5.41, 5.74) is -1.65. The second-order valence-electron chi connectivity index (χ2n) is 11.2. The lowest BCUT2D eigenvalue weighted by Gasteiger charge is -2.41. The smallest absolute Gasteiger partial charge is 0.313 e. The van der Waals surface area contributed by atoms with Crippen LogP contribution in [0.2, 0.25) is 5.02 Å². The molecular formula is C30H39ClN2O6. The van der Waals surface area contributed by atoms with Crippen LogP contribution in [0.3, 0.4) is 0 Å². The predicted octanol–water partition coefficient (Wildman–Crippen LogP) is 4.01. The minimum absolute atomic E-state index is 0.00952. The maximum Gasteiger partial charge on any atom is 0.313 e. The average molecular weight is 559 g/mol. The minimum Gasteiger partial charge on any atom is -0.461 e. The van der Waals surface area contributed by atoms with Crippen LogP contribution in [0.25, 0.3) is 0 Å². The van der Waals surface area contributed by atoms with Crippen molar-refractivity contribution in [1.82, 2.24) is 4.90 Å². The molecule has 8 nitrogen and oxygen atoms in total. The van der Waals surface area contributed by atoms with E-state index < -0.39 is 41.1 Å². The Balaban J connectivity index is 1.89. The highest BCUT2D eigenvalue weighted by atomic mass is 35.5. The standard InChI is InChI=1S/C30H39ClN2O6/c1-7-14-32(21-12-10-20(31)11-13-21)27(36)25-30-16-19(5)29(6,39-30)24(28(37)38-15-8-2)23(30)26(35)33(25)22(17-34)18(4)9-3/h7-8,10-13,18-19,22-25,34H,1-2,9,14-17H2,3-6H3/t18-,19?,22-,23-,24+,25?,29-,30?/m0/s1. The van der Waals surface area contributed by atoms with Crippen LogP contribution in [0.5, 0.6) is 0 Å². The van der Waals surface area contributed by atoms with Gasteiger partial charge in [-0.1, -0.05) is 57.5 Å². The predicted molar refractivity (Wildman–Crippen MR) is 149 cm³/mol. The molecule has 3 saturated heterocycles. The molecule has 2 amide bonds. The number of nitrogens with zero attached hydrogens (tertiary/aromatic N) is 2. The van der Waals surface area contributed by atoms with Crippen molar-refractivity contribution < 1.29 is 29.0 Å². The fourth-order valence-corrected chi connectivity index (χ4v) is 7.06. The molecule has 3 unspecified atom stereocenters. The molecule has 1 aromatic carbocycles. The van der Waals surface area contributed by atoms with Crippen molar-refractivity contribution in [2.75, 3.05) is 24.7 Å². The summed E-state index contributed by atoms with van der Waals surface area (Å²) in [6.07, 6.45) is 4.19. The van der Waals surface area contributed by atoms with Crippen molar-refractivity contribution in [2.24, 2.45) is 23.7 Å². The number of hydrogen-bond donors (Lipinski definition) is 1. The fourth-order valence-electron chi connectivity index (χ4n) is 6.94. The highest BCUT2D eigenvalue weighted by Crippen LogP contribution is 2.66. The van der Waals surface area contributed by atoms with Crippen molar-refractivity contribution >= 4 is 35.1 Å². The molecule has 0 radical (unpaired) electrons. The van der Waals surface area contributed by atoms with E-state index in [1.54, 1.807) is 35.2 Å². The molecule has 3 aliphatic rings. The molecule has 0 saturated carbocycles.